The van der Waals surface area contributed by atoms with Crippen molar-refractivity contribution in [1.29, 1.82) is 0 Å². The molecule has 1 unspecified atom stereocenters. The second-order valence-corrected chi connectivity index (χ2v) is 2.27. The molecular weight excluding hydrogens is 128 g/mol. The summed E-state index contributed by atoms with van der Waals surface area (Å²) in [5, 5.41) is 0. The fourth-order valence-corrected chi connectivity index (χ4v) is 0.744. The van der Waals surface area contributed by atoms with Gasteiger partial charge in [-0.15, -0.1) is 0 Å². The van der Waals surface area contributed by atoms with Crippen molar-refractivity contribution in [3.8, 4) is 0 Å². The molecule has 0 saturated carbocycles. The van der Waals surface area contributed by atoms with Gasteiger partial charge in [0.2, 0.25) is 5.56 Å². The van der Waals surface area contributed by atoms with Gasteiger partial charge in [-0.25, -0.2) is 0 Å². The van der Waals surface area contributed by atoms with Crippen LogP contribution in [0, 0.1) is 0 Å². The molecule has 54 valence electrons. The maximum atomic E-state index is 10.7. The summed E-state index contributed by atoms with van der Waals surface area (Å²) in [6, 6.07) is 3.23. The predicted molar refractivity (Wildman–Crippen MR) is 39.7 cm³/mol. The monoisotopic (exact) mass is 138 g/mol. The van der Waals surface area contributed by atoms with Gasteiger partial charge >= 0.3 is 0 Å². The van der Waals surface area contributed by atoms with E-state index in [-0.39, 0.29) is 11.6 Å². The lowest BCUT2D eigenvalue weighted by atomic mass is 10.1. The molecule has 0 fully saturated rings. The minimum atomic E-state index is -0.102. The number of aromatic amines is 1. The highest BCUT2D eigenvalue weighted by Gasteiger charge is 1.96. The summed E-state index contributed by atoms with van der Waals surface area (Å²) >= 11 is 0. The lowest BCUT2D eigenvalue weighted by molar-refractivity contribution is 0.813. The first kappa shape index (κ1) is 7.02. The molecule has 0 aromatic carbocycles. The molecule has 0 saturated heterocycles. The number of pyridine rings is 1. The molecule has 0 aliphatic heterocycles. The van der Waals surface area contributed by atoms with Crippen LogP contribution >= 0.6 is 0 Å². The summed E-state index contributed by atoms with van der Waals surface area (Å²) in [4.78, 5) is 13.2. The summed E-state index contributed by atoms with van der Waals surface area (Å²) in [6.07, 6.45) is 1.60. The summed E-state index contributed by atoms with van der Waals surface area (Å²) in [5.74, 6) is 0. The Bertz CT molecular complexity index is 264. The molecule has 0 spiro atoms. The number of rotatable bonds is 1. The maximum Gasteiger partial charge on any atom is 0.248 e. The fraction of sp³-hybridized carbons (Fsp3) is 0.286. The van der Waals surface area contributed by atoms with E-state index in [4.69, 9.17) is 5.73 Å². The van der Waals surface area contributed by atoms with Crippen molar-refractivity contribution >= 4 is 0 Å². The first-order valence-corrected chi connectivity index (χ1v) is 3.14. The smallest absolute Gasteiger partial charge is 0.248 e. The second kappa shape index (κ2) is 2.66. The third-order valence-electron chi connectivity index (χ3n) is 1.32. The Balaban J connectivity index is 3.07. The number of H-pyrrole nitrogens is 1. The van der Waals surface area contributed by atoms with Crippen molar-refractivity contribution in [1.82, 2.24) is 4.98 Å². The molecule has 3 N–H and O–H groups in total. The zero-order valence-electron chi connectivity index (χ0n) is 5.79. The van der Waals surface area contributed by atoms with E-state index >= 15 is 0 Å². The molecule has 0 bridgehead atoms. The number of nitrogens with one attached hydrogen (secondary N) is 1. The van der Waals surface area contributed by atoms with Gasteiger partial charge in [-0.2, -0.15) is 0 Å². The molecule has 1 heterocycles. The van der Waals surface area contributed by atoms with Crippen LogP contribution in [-0.2, 0) is 0 Å². The van der Waals surface area contributed by atoms with Gasteiger partial charge in [0.05, 0.1) is 0 Å². The van der Waals surface area contributed by atoms with E-state index in [2.05, 4.69) is 4.98 Å². The standard InChI is InChI=1S/C7H10N2O/c1-5(8)6-2-3-9-7(10)4-6/h2-5H,8H2,1H3,(H,9,10). The molecule has 0 aliphatic carbocycles. The molecule has 3 nitrogen and oxygen atoms in total. The SMILES string of the molecule is CC(N)c1cc[nH]c(=O)c1. The quantitative estimate of drug-likeness (QED) is 0.590. The third kappa shape index (κ3) is 1.45. The van der Waals surface area contributed by atoms with E-state index in [1.54, 1.807) is 12.3 Å². The lowest BCUT2D eigenvalue weighted by Gasteiger charge is -2.01. The normalized spacial score (nSPS) is 13.0. The highest BCUT2D eigenvalue weighted by Crippen LogP contribution is 2.03. The molecule has 0 radical (unpaired) electrons. The van der Waals surface area contributed by atoms with Gasteiger partial charge in [-0.05, 0) is 18.6 Å². The summed E-state index contributed by atoms with van der Waals surface area (Å²) in [6.45, 7) is 1.84. The van der Waals surface area contributed by atoms with Crippen LogP contribution < -0.4 is 11.3 Å². The van der Waals surface area contributed by atoms with Crippen molar-refractivity contribution in [3.63, 3.8) is 0 Å². The highest BCUT2D eigenvalue weighted by atomic mass is 16.1. The van der Waals surface area contributed by atoms with Gasteiger partial charge in [-0.3, -0.25) is 4.79 Å². The molecule has 3 heteroatoms. The topological polar surface area (TPSA) is 58.9 Å². The third-order valence-corrected chi connectivity index (χ3v) is 1.32. The number of aromatic nitrogens is 1. The Hall–Kier alpha value is -1.09. The van der Waals surface area contributed by atoms with E-state index < -0.39 is 0 Å². The van der Waals surface area contributed by atoms with E-state index in [0.717, 1.165) is 5.56 Å². The van der Waals surface area contributed by atoms with Crippen LogP contribution in [0.1, 0.15) is 18.5 Å². The number of hydrogen-bond acceptors (Lipinski definition) is 2. The van der Waals surface area contributed by atoms with Gasteiger partial charge in [0.15, 0.2) is 0 Å². The van der Waals surface area contributed by atoms with Crippen LogP contribution in [0.2, 0.25) is 0 Å². The van der Waals surface area contributed by atoms with Crippen molar-refractivity contribution in [3.05, 3.63) is 34.2 Å². The predicted octanol–water partition coefficient (Wildman–Crippen LogP) is 0.395. The minimum Gasteiger partial charge on any atom is -0.329 e. The van der Waals surface area contributed by atoms with Crippen LogP contribution in [0.25, 0.3) is 0 Å². The fourth-order valence-electron chi connectivity index (χ4n) is 0.744. The molecule has 1 atom stereocenters. The van der Waals surface area contributed by atoms with E-state index in [1.165, 1.54) is 6.07 Å². The second-order valence-electron chi connectivity index (χ2n) is 2.27. The molecule has 1 aromatic rings. The zero-order chi connectivity index (χ0) is 7.56. The van der Waals surface area contributed by atoms with Crippen LogP contribution in [0.3, 0.4) is 0 Å². The van der Waals surface area contributed by atoms with Crippen molar-refractivity contribution in [2.45, 2.75) is 13.0 Å². The molecule has 1 aromatic heterocycles. The van der Waals surface area contributed by atoms with Gasteiger partial charge < -0.3 is 10.7 Å². The summed E-state index contributed by atoms with van der Waals surface area (Å²) < 4.78 is 0. The Morgan fingerprint density at radius 2 is 2.40 bits per heavy atom. The van der Waals surface area contributed by atoms with Gasteiger partial charge in [-0.1, -0.05) is 0 Å². The van der Waals surface area contributed by atoms with E-state index in [9.17, 15) is 4.79 Å². The number of hydrogen-bond donors (Lipinski definition) is 2. The Kier molecular flexibility index (Phi) is 1.87. The largest absolute Gasteiger partial charge is 0.329 e. The number of nitrogens with two attached hydrogens (primary N) is 1. The van der Waals surface area contributed by atoms with Crippen molar-refractivity contribution < 1.29 is 0 Å². The zero-order valence-corrected chi connectivity index (χ0v) is 5.79. The Labute approximate surface area is 58.9 Å². The van der Waals surface area contributed by atoms with Crippen LogP contribution in [0.15, 0.2) is 23.1 Å². The average Bonchev–Trinajstić information content (AvgIpc) is 1.88. The summed E-state index contributed by atoms with van der Waals surface area (Å²) in [5.41, 5.74) is 6.29. The Morgan fingerprint density at radius 3 is 2.80 bits per heavy atom. The lowest BCUT2D eigenvalue weighted by Crippen LogP contribution is -2.10. The first-order valence-electron chi connectivity index (χ1n) is 3.14. The van der Waals surface area contributed by atoms with Gasteiger partial charge in [0.25, 0.3) is 0 Å². The van der Waals surface area contributed by atoms with Gasteiger partial charge in [0.1, 0.15) is 0 Å². The average molecular weight is 138 g/mol. The van der Waals surface area contributed by atoms with Crippen LogP contribution in [0.4, 0.5) is 0 Å². The molecule has 0 aliphatic rings. The van der Waals surface area contributed by atoms with Crippen molar-refractivity contribution in [2.24, 2.45) is 5.73 Å². The van der Waals surface area contributed by atoms with Gasteiger partial charge in [0, 0.05) is 18.3 Å². The first-order chi connectivity index (χ1) is 4.70. The van der Waals surface area contributed by atoms with Crippen molar-refractivity contribution in [2.75, 3.05) is 0 Å². The Morgan fingerprint density at radius 1 is 1.70 bits per heavy atom. The van der Waals surface area contributed by atoms with E-state index in [1.807, 2.05) is 6.92 Å². The van der Waals surface area contributed by atoms with E-state index in [0.29, 0.717) is 0 Å². The minimum absolute atomic E-state index is 0.0673. The summed E-state index contributed by atoms with van der Waals surface area (Å²) in [7, 11) is 0. The van der Waals surface area contributed by atoms with Crippen LogP contribution in [0.5, 0.6) is 0 Å². The van der Waals surface area contributed by atoms with Crippen LogP contribution in [-0.4, -0.2) is 4.98 Å². The highest BCUT2D eigenvalue weighted by molar-refractivity contribution is 5.13. The maximum absolute atomic E-state index is 10.7. The molecule has 1 rings (SSSR count). The molecule has 10 heavy (non-hydrogen) atoms. The molecule has 0 amide bonds. The molecular formula is C7H10N2O.